The van der Waals surface area contributed by atoms with Crippen molar-refractivity contribution in [3.63, 3.8) is 0 Å². The van der Waals surface area contributed by atoms with E-state index < -0.39 is 11.9 Å². The van der Waals surface area contributed by atoms with Gasteiger partial charge in [-0.05, 0) is 24.3 Å². The van der Waals surface area contributed by atoms with Gasteiger partial charge in [0, 0.05) is 0 Å². The standard InChI is InChI=1S/C13H14O6/c1-16-9-4-6-10(7-5-9)19-11(13(15)18-3)8-12(14)17-2/h4-8H,1-3H3/b11-8-. The van der Waals surface area contributed by atoms with Crippen LogP contribution in [0.5, 0.6) is 11.5 Å². The maximum atomic E-state index is 11.4. The third kappa shape index (κ3) is 4.34. The molecule has 19 heavy (non-hydrogen) atoms. The molecule has 0 amide bonds. The van der Waals surface area contributed by atoms with Crippen LogP contribution in [0.1, 0.15) is 0 Å². The van der Waals surface area contributed by atoms with Crippen molar-refractivity contribution >= 4 is 11.9 Å². The second-order valence-electron chi connectivity index (χ2n) is 3.30. The van der Waals surface area contributed by atoms with Gasteiger partial charge in [0.25, 0.3) is 0 Å². The molecule has 1 rings (SSSR count). The molecule has 0 aliphatic rings. The topological polar surface area (TPSA) is 71.1 Å². The predicted octanol–water partition coefficient (Wildman–Crippen LogP) is 1.30. The Kier molecular flexibility index (Phi) is 5.40. The van der Waals surface area contributed by atoms with E-state index in [1.54, 1.807) is 24.3 Å². The van der Waals surface area contributed by atoms with E-state index in [1.807, 2.05) is 0 Å². The summed E-state index contributed by atoms with van der Waals surface area (Å²) >= 11 is 0. The second-order valence-corrected chi connectivity index (χ2v) is 3.30. The molecule has 0 radical (unpaired) electrons. The molecule has 0 N–H and O–H groups in total. The minimum atomic E-state index is -0.777. The molecule has 0 saturated carbocycles. The highest BCUT2D eigenvalue weighted by Gasteiger charge is 2.15. The fourth-order valence-electron chi connectivity index (χ4n) is 1.17. The summed E-state index contributed by atoms with van der Waals surface area (Å²) < 4.78 is 19.2. The Bertz CT molecular complexity index is 474. The van der Waals surface area contributed by atoms with Gasteiger partial charge in [-0.1, -0.05) is 0 Å². The minimum absolute atomic E-state index is 0.264. The number of benzene rings is 1. The summed E-state index contributed by atoms with van der Waals surface area (Å²) in [5.41, 5.74) is 0. The van der Waals surface area contributed by atoms with E-state index in [4.69, 9.17) is 9.47 Å². The number of carbonyl (C=O) groups is 2. The molecule has 0 aliphatic heterocycles. The van der Waals surface area contributed by atoms with Gasteiger partial charge in [0.2, 0.25) is 5.76 Å². The van der Waals surface area contributed by atoms with Crippen LogP contribution in [0.2, 0.25) is 0 Å². The number of rotatable bonds is 5. The van der Waals surface area contributed by atoms with Crippen molar-refractivity contribution in [1.29, 1.82) is 0 Å². The normalized spacial score (nSPS) is 10.6. The fourth-order valence-corrected chi connectivity index (χ4v) is 1.17. The predicted molar refractivity (Wildman–Crippen MR) is 65.7 cm³/mol. The van der Waals surface area contributed by atoms with E-state index in [0.717, 1.165) is 6.08 Å². The first-order valence-corrected chi connectivity index (χ1v) is 5.30. The maximum Gasteiger partial charge on any atom is 0.374 e. The number of hydrogen-bond acceptors (Lipinski definition) is 6. The molecule has 0 atom stereocenters. The average Bonchev–Trinajstić information content (AvgIpc) is 2.46. The number of hydrogen-bond donors (Lipinski definition) is 0. The van der Waals surface area contributed by atoms with Gasteiger partial charge in [-0.25, -0.2) is 9.59 Å². The Morgan fingerprint density at radius 1 is 0.947 bits per heavy atom. The first-order valence-electron chi connectivity index (χ1n) is 5.30. The van der Waals surface area contributed by atoms with Gasteiger partial charge in [0.05, 0.1) is 27.4 Å². The van der Waals surface area contributed by atoms with Crippen LogP contribution in [0.4, 0.5) is 0 Å². The third-order valence-electron chi connectivity index (χ3n) is 2.12. The molecule has 1 aromatic rings. The molecule has 102 valence electrons. The Morgan fingerprint density at radius 2 is 1.53 bits per heavy atom. The SMILES string of the molecule is COC(=O)/C=C(\Oc1ccc(OC)cc1)C(=O)OC. The maximum absolute atomic E-state index is 11.4. The van der Waals surface area contributed by atoms with Crippen LogP contribution >= 0.6 is 0 Å². The highest BCUT2D eigenvalue weighted by molar-refractivity contribution is 5.95. The molecule has 0 aromatic heterocycles. The first-order chi connectivity index (χ1) is 9.10. The lowest BCUT2D eigenvalue weighted by Crippen LogP contribution is -2.13. The summed E-state index contributed by atoms with van der Waals surface area (Å²) in [5, 5.41) is 0. The largest absolute Gasteiger partial charge is 0.497 e. The zero-order valence-electron chi connectivity index (χ0n) is 10.8. The van der Waals surface area contributed by atoms with Gasteiger partial charge in [0.1, 0.15) is 11.5 Å². The quantitative estimate of drug-likeness (QED) is 0.454. The second kappa shape index (κ2) is 7.05. The van der Waals surface area contributed by atoms with Gasteiger partial charge in [-0.3, -0.25) is 0 Å². The zero-order chi connectivity index (χ0) is 14.3. The molecule has 0 heterocycles. The minimum Gasteiger partial charge on any atom is -0.497 e. The molecular formula is C13H14O6. The molecule has 0 bridgehead atoms. The number of ether oxygens (including phenoxy) is 4. The van der Waals surface area contributed by atoms with E-state index >= 15 is 0 Å². The van der Waals surface area contributed by atoms with Crippen molar-refractivity contribution in [2.45, 2.75) is 0 Å². The smallest absolute Gasteiger partial charge is 0.374 e. The van der Waals surface area contributed by atoms with Crippen molar-refractivity contribution in [2.24, 2.45) is 0 Å². The molecule has 6 heteroatoms. The van der Waals surface area contributed by atoms with Crippen molar-refractivity contribution in [3.8, 4) is 11.5 Å². The van der Waals surface area contributed by atoms with Gasteiger partial charge in [-0.2, -0.15) is 0 Å². The van der Waals surface area contributed by atoms with E-state index in [2.05, 4.69) is 9.47 Å². The van der Waals surface area contributed by atoms with Crippen molar-refractivity contribution in [3.05, 3.63) is 36.1 Å². The summed E-state index contributed by atoms with van der Waals surface area (Å²) in [6.45, 7) is 0. The molecule has 0 aliphatic carbocycles. The summed E-state index contributed by atoms with van der Waals surface area (Å²) in [6.07, 6.45) is 0.913. The highest BCUT2D eigenvalue weighted by Crippen LogP contribution is 2.19. The van der Waals surface area contributed by atoms with Gasteiger partial charge in [0.15, 0.2) is 0 Å². The summed E-state index contributed by atoms with van der Waals surface area (Å²) in [5.74, 6) is -0.750. The molecule has 0 saturated heterocycles. The lowest BCUT2D eigenvalue weighted by molar-refractivity contribution is -0.140. The number of esters is 2. The average molecular weight is 266 g/mol. The molecular weight excluding hydrogens is 252 g/mol. The Balaban J connectivity index is 2.90. The van der Waals surface area contributed by atoms with E-state index in [0.29, 0.717) is 11.5 Å². The zero-order valence-corrected chi connectivity index (χ0v) is 10.8. The third-order valence-corrected chi connectivity index (χ3v) is 2.12. The summed E-state index contributed by atoms with van der Waals surface area (Å²) in [6, 6.07) is 6.49. The van der Waals surface area contributed by atoms with Crippen LogP contribution in [0.15, 0.2) is 36.1 Å². The van der Waals surface area contributed by atoms with Crippen LogP contribution in [0, 0.1) is 0 Å². The molecule has 0 fully saturated rings. The lowest BCUT2D eigenvalue weighted by atomic mass is 10.3. The summed E-state index contributed by atoms with van der Waals surface area (Å²) in [4.78, 5) is 22.6. The molecule has 0 unspecified atom stereocenters. The monoisotopic (exact) mass is 266 g/mol. The first kappa shape index (κ1) is 14.6. The highest BCUT2D eigenvalue weighted by atomic mass is 16.6. The number of methoxy groups -OCH3 is 3. The fraction of sp³-hybridized carbons (Fsp3) is 0.231. The number of carbonyl (C=O) groups excluding carboxylic acids is 2. The van der Waals surface area contributed by atoms with E-state index in [1.165, 1.54) is 21.3 Å². The van der Waals surface area contributed by atoms with Crippen molar-refractivity contribution in [2.75, 3.05) is 21.3 Å². The molecule has 0 spiro atoms. The lowest BCUT2D eigenvalue weighted by Gasteiger charge is -2.08. The molecule has 6 nitrogen and oxygen atoms in total. The van der Waals surface area contributed by atoms with E-state index in [9.17, 15) is 9.59 Å². The van der Waals surface area contributed by atoms with Crippen LogP contribution in [-0.4, -0.2) is 33.3 Å². The van der Waals surface area contributed by atoms with Crippen LogP contribution in [0.3, 0.4) is 0 Å². The Morgan fingerprint density at radius 3 is 2.00 bits per heavy atom. The Labute approximate surface area is 110 Å². The molecule has 1 aromatic carbocycles. The summed E-state index contributed by atoms with van der Waals surface area (Å²) in [7, 11) is 3.92. The van der Waals surface area contributed by atoms with Crippen LogP contribution in [-0.2, 0) is 19.1 Å². The van der Waals surface area contributed by atoms with Gasteiger partial charge < -0.3 is 18.9 Å². The van der Waals surface area contributed by atoms with Gasteiger partial charge in [-0.15, -0.1) is 0 Å². The van der Waals surface area contributed by atoms with Crippen molar-refractivity contribution < 1.29 is 28.5 Å². The van der Waals surface area contributed by atoms with E-state index in [-0.39, 0.29) is 5.76 Å². The van der Waals surface area contributed by atoms with Crippen LogP contribution < -0.4 is 9.47 Å². The van der Waals surface area contributed by atoms with Gasteiger partial charge >= 0.3 is 11.9 Å². The Hall–Kier alpha value is -2.50. The van der Waals surface area contributed by atoms with Crippen LogP contribution in [0.25, 0.3) is 0 Å². The van der Waals surface area contributed by atoms with Crippen molar-refractivity contribution in [1.82, 2.24) is 0 Å².